The average molecular weight is 274 g/mol. The van der Waals surface area contributed by atoms with Gasteiger partial charge in [-0.05, 0) is 31.0 Å². The maximum Gasteiger partial charge on any atom is 0.314 e. The van der Waals surface area contributed by atoms with Crippen LogP contribution in [0, 0.1) is 6.92 Å². The second-order valence-corrected chi connectivity index (χ2v) is 5.16. The smallest absolute Gasteiger partial charge is 0.314 e. The van der Waals surface area contributed by atoms with Gasteiger partial charge in [-0.25, -0.2) is 9.78 Å². The van der Waals surface area contributed by atoms with E-state index in [0.717, 1.165) is 29.6 Å². The first-order chi connectivity index (χ1) is 9.61. The van der Waals surface area contributed by atoms with Crippen LogP contribution in [-0.4, -0.2) is 35.0 Å². The van der Waals surface area contributed by atoms with Gasteiger partial charge in [0.25, 0.3) is 0 Å². The highest BCUT2D eigenvalue weighted by molar-refractivity contribution is 5.77. The fourth-order valence-electron chi connectivity index (χ4n) is 2.61. The molecule has 0 unspecified atom stereocenters. The number of nitrogens with two attached hydrogens (primary N) is 1. The van der Waals surface area contributed by atoms with E-state index in [1.165, 1.54) is 0 Å². The number of primary amides is 1. The zero-order valence-electron chi connectivity index (χ0n) is 11.4. The molecule has 2 aromatic rings. The van der Waals surface area contributed by atoms with Crippen molar-refractivity contribution in [2.24, 2.45) is 5.73 Å². The predicted octanol–water partition coefficient (Wildman–Crippen LogP) is 2.09. The Morgan fingerprint density at radius 3 is 2.90 bits per heavy atom. The molecule has 6 nitrogen and oxygen atoms in total. The van der Waals surface area contributed by atoms with Gasteiger partial charge in [-0.2, -0.15) is 0 Å². The molecule has 1 aliphatic rings. The van der Waals surface area contributed by atoms with E-state index in [-0.39, 0.29) is 6.03 Å². The molecule has 6 heteroatoms. The Morgan fingerprint density at radius 2 is 2.20 bits per heavy atom. The molecule has 3 rings (SSSR count). The largest absolute Gasteiger partial charge is 0.441 e. The fourth-order valence-corrected chi connectivity index (χ4v) is 2.61. The number of carbonyl (C=O) groups is 1. The number of anilines is 1. The second-order valence-electron chi connectivity index (χ2n) is 5.16. The summed E-state index contributed by atoms with van der Waals surface area (Å²) >= 11 is 0. The third-order valence-electron chi connectivity index (χ3n) is 3.67. The number of amides is 2. The number of aromatic nitrogens is 1. The van der Waals surface area contributed by atoms with Crippen LogP contribution >= 0.6 is 0 Å². The molecule has 106 valence electrons. The number of piperidine rings is 1. The van der Waals surface area contributed by atoms with Crippen LogP contribution in [-0.2, 0) is 0 Å². The van der Waals surface area contributed by atoms with Crippen LogP contribution < -0.4 is 11.1 Å². The average Bonchev–Trinajstić information content (AvgIpc) is 2.78. The first-order valence-electron chi connectivity index (χ1n) is 6.80. The SMILES string of the molecule is Cc1nc2cc(NC3CCN(C(N)=O)CC3)ccc2o1. The van der Waals surface area contributed by atoms with Gasteiger partial charge in [0.2, 0.25) is 0 Å². The van der Waals surface area contributed by atoms with Gasteiger partial charge < -0.3 is 20.4 Å². The molecule has 3 N–H and O–H groups in total. The van der Waals surface area contributed by atoms with Crippen molar-refractivity contribution in [3.8, 4) is 0 Å². The van der Waals surface area contributed by atoms with Crippen molar-refractivity contribution in [2.45, 2.75) is 25.8 Å². The maximum atomic E-state index is 11.1. The van der Waals surface area contributed by atoms with E-state index in [0.29, 0.717) is 25.0 Å². The number of urea groups is 1. The van der Waals surface area contributed by atoms with Crippen LogP contribution in [0.3, 0.4) is 0 Å². The van der Waals surface area contributed by atoms with E-state index in [2.05, 4.69) is 10.3 Å². The first-order valence-corrected chi connectivity index (χ1v) is 6.80. The summed E-state index contributed by atoms with van der Waals surface area (Å²) in [6.07, 6.45) is 1.80. The number of benzene rings is 1. The Hall–Kier alpha value is -2.24. The third-order valence-corrected chi connectivity index (χ3v) is 3.67. The summed E-state index contributed by atoms with van der Waals surface area (Å²) in [4.78, 5) is 17.1. The van der Waals surface area contributed by atoms with E-state index in [1.807, 2.05) is 25.1 Å². The van der Waals surface area contributed by atoms with Crippen LogP contribution in [0.1, 0.15) is 18.7 Å². The summed E-state index contributed by atoms with van der Waals surface area (Å²) in [7, 11) is 0. The molecule has 1 fully saturated rings. The van der Waals surface area contributed by atoms with Gasteiger partial charge in [0.1, 0.15) is 5.52 Å². The summed E-state index contributed by atoms with van der Waals surface area (Å²) < 4.78 is 5.46. The van der Waals surface area contributed by atoms with Crippen molar-refractivity contribution >= 4 is 22.8 Å². The molecule has 2 heterocycles. The van der Waals surface area contributed by atoms with Gasteiger partial charge in [0.15, 0.2) is 11.5 Å². The summed E-state index contributed by atoms with van der Waals surface area (Å²) in [5.41, 5.74) is 7.97. The van der Waals surface area contributed by atoms with Gasteiger partial charge in [0, 0.05) is 31.7 Å². The minimum absolute atomic E-state index is 0.331. The van der Waals surface area contributed by atoms with E-state index < -0.39 is 0 Å². The van der Waals surface area contributed by atoms with E-state index in [1.54, 1.807) is 4.90 Å². The van der Waals surface area contributed by atoms with Gasteiger partial charge in [-0.15, -0.1) is 0 Å². The summed E-state index contributed by atoms with van der Waals surface area (Å²) in [6.45, 7) is 3.25. The molecule has 0 bridgehead atoms. The lowest BCUT2D eigenvalue weighted by Crippen LogP contribution is -2.44. The number of likely N-dealkylation sites (tertiary alicyclic amines) is 1. The quantitative estimate of drug-likeness (QED) is 0.878. The van der Waals surface area contributed by atoms with Gasteiger partial charge in [-0.3, -0.25) is 0 Å². The number of hydrogen-bond donors (Lipinski definition) is 2. The minimum atomic E-state index is -0.331. The van der Waals surface area contributed by atoms with E-state index >= 15 is 0 Å². The number of fused-ring (bicyclic) bond motifs is 1. The molecule has 0 aliphatic carbocycles. The minimum Gasteiger partial charge on any atom is -0.441 e. The standard InChI is InChI=1S/C14H18N4O2/c1-9-16-12-8-11(2-3-13(12)20-9)17-10-4-6-18(7-5-10)14(15)19/h2-3,8,10,17H,4-7H2,1H3,(H2,15,19). The molecule has 1 aliphatic heterocycles. The van der Waals surface area contributed by atoms with Gasteiger partial charge >= 0.3 is 6.03 Å². The lowest BCUT2D eigenvalue weighted by molar-refractivity contribution is 0.193. The van der Waals surface area contributed by atoms with Crippen molar-refractivity contribution in [1.82, 2.24) is 9.88 Å². The van der Waals surface area contributed by atoms with Crippen molar-refractivity contribution < 1.29 is 9.21 Å². The van der Waals surface area contributed by atoms with Crippen LogP contribution in [0.25, 0.3) is 11.1 Å². The molecule has 1 saturated heterocycles. The van der Waals surface area contributed by atoms with Crippen molar-refractivity contribution in [1.29, 1.82) is 0 Å². The number of rotatable bonds is 2. The number of aryl methyl sites for hydroxylation is 1. The third kappa shape index (κ3) is 2.54. The molecule has 0 saturated carbocycles. The highest BCUT2D eigenvalue weighted by atomic mass is 16.3. The number of oxazole rings is 1. The number of nitrogens with one attached hydrogen (secondary N) is 1. The molecule has 0 atom stereocenters. The molecule has 20 heavy (non-hydrogen) atoms. The van der Waals surface area contributed by atoms with E-state index in [4.69, 9.17) is 10.2 Å². The Balaban J connectivity index is 1.66. The van der Waals surface area contributed by atoms with Gasteiger partial charge in [0.05, 0.1) is 0 Å². The first kappa shape index (κ1) is 12.8. The fraction of sp³-hybridized carbons (Fsp3) is 0.429. The molecule has 1 aromatic heterocycles. The van der Waals surface area contributed by atoms with Crippen molar-refractivity contribution in [3.63, 3.8) is 0 Å². The lowest BCUT2D eigenvalue weighted by atomic mass is 10.0. The molecular formula is C14H18N4O2. The number of carbonyl (C=O) groups excluding carboxylic acids is 1. The topological polar surface area (TPSA) is 84.4 Å². The normalized spacial score (nSPS) is 16.6. The van der Waals surface area contributed by atoms with Crippen LogP contribution in [0.4, 0.5) is 10.5 Å². The Bertz CT molecular complexity index is 629. The summed E-state index contributed by atoms with van der Waals surface area (Å²) in [6, 6.07) is 5.94. The Morgan fingerprint density at radius 1 is 1.45 bits per heavy atom. The van der Waals surface area contributed by atoms with Gasteiger partial charge in [-0.1, -0.05) is 0 Å². The molecule has 2 amide bonds. The molecule has 0 spiro atoms. The molecule has 1 aromatic carbocycles. The monoisotopic (exact) mass is 274 g/mol. The Kier molecular flexibility index (Phi) is 3.22. The van der Waals surface area contributed by atoms with Crippen molar-refractivity contribution in [2.75, 3.05) is 18.4 Å². The zero-order valence-corrected chi connectivity index (χ0v) is 11.4. The highest BCUT2D eigenvalue weighted by Crippen LogP contribution is 2.22. The van der Waals surface area contributed by atoms with Crippen molar-refractivity contribution in [3.05, 3.63) is 24.1 Å². The number of nitrogens with zero attached hydrogens (tertiary/aromatic N) is 2. The van der Waals surface area contributed by atoms with Crippen LogP contribution in [0.2, 0.25) is 0 Å². The predicted molar refractivity (Wildman–Crippen MR) is 76.5 cm³/mol. The zero-order chi connectivity index (χ0) is 14.1. The second kappa shape index (κ2) is 5.03. The van der Waals surface area contributed by atoms with Crippen LogP contribution in [0.15, 0.2) is 22.6 Å². The highest BCUT2D eigenvalue weighted by Gasteiger charge is 2.21. The molecular weight excluding hydrogens is 256 g/mol. The summed E-state index contributed by atoms with van der Waals surface area (Å²) in [5, 5.41) is 3.48. The summed E-state index contributed by atoms with van der Waals surface area (Å²) in [5.74, 6) is 0.673. The number of hydrogen-bond acceptors (Lipinski definition) is 4. The maximum absolute atomic E-state index is 11.1. The molecule has 0 radical (unpaired) electrons. The van der Waals surface area contributed by atoms with E-state index in [9.17, 15) is 4.79 Å². The lowest BCUT2D eigenvalue weighted by Gasteiger charge is -2.31. The Labute approximate surface area is 116 Å². The van der Waals surface area contributed by atoms with Crippen LogP contribution in [0.5, 0.6) is 0 Å².